The van der Waals surface area contributed by atoms with Crippen LogP contribution in [-0.4, -0.2) is 39.9 Å². The fourth-order valence-corrected chi connectivity index (χ4v) is 2.96. The van der Waals surface area contributed by atoms with Gasteiger partial charge in [-0.3, -0.25) is 14.7 Å². The molecule has 0 spiro atoms. The Hall–Kier alpha value is -2.28. The van der Waals surface area contributed by atoms with E-state index in [0.717, 1.165) is 11.8 Å². The number of aliphatic hydroxyl groups is 1. The second-order valence-electron chi connectivity index (χ2n) is 6.23. The summed E-state index contributed by atoms with van der Waals surface area (Å²) in [5.74, 6) is -3.27. The Labute approximate surface area is 138 Å². The minimum Gasteiger partial charge on any atom is -0.369 e. The number of hydrogen-bond acceptors (Lipinski definition) is 4. The first kappa shape index (κ1) is 16.6. The lowest BCUT2D eigenvalue weighted by Crippen LogP contribution is -2.43. The first-order valence-electron chi connectivity index (χ1n) is 7.70. The Balaban J connectivity index is 1.98. The van der Waals surface area contributed by atoms with Crippen LogP contribution in [0.3, 0.4) is 0 Å². The highest BCUT2D eigenvalue weighted by molar-refractivity contribution is 6.09. The van der Waals surface area contributed by atoms with Gasteiger partial charge in [0, 0.05) is 18.9 Å². The number of aliphatic hydroxyl groups excluding tert-OH is 1. The maximum Gasteiger partial charge on any atom is 0.267 e. The maximum atomic E-state index is 14.1. The Morgan fingerprint density at radius 2 is 1.88 bits per heavy atom. The minimum absolute atomic E-state index is 0.123. The van der Waals surface area contributed by atoms with E-state index in [1.54, 1.807) is 44.2 Å². The number of hydrazone groups is 1. The minimum atomic E-state index is -3.02. The molecule has 2 aliphatic rings. The number of carbonyl (C=O) groups excluding carboxylic acids is 1. The van der Waals surface area contributed by atoms with E-state index in [2.05, 4.69) is 5.10 Å². The zero-order valence-electron chi connectivity index (χ0n) is 13.7. The van der Waals surface area contributed by atoms with Crippen LogP contribution in [0.2, 0.25) is 0 Å². The van der Waals surface area contributed by atoms with Crippen molar-refractivity contribution in [3.63, 3.8) is 0 Å². The molecule has 1 amide bonds. The molecule has 5 nitrogen and oxygen atoms in total. The summed E-state index contributed by atoms with van der Waals surface area (Å²) in [5.41, 5.74) is 1.45. The summed E-state index contributed by atoms with van der Waals surface area (Å²) < 4.78 is 28.2. The number of carbonyl (C=O) groups is 1. The lowest BCUT2D eigenvalue weighted by molar-refractivity contribution is -0.126. The summed E-state index contributed by atoms with van der Waals surface area (Å²) in [4.78, 5) is 13.4. The summed E-state index contributed by atoms with van der Waals surface area (Å²) in [5, 5.41) is 15.7. The first-order chi connectivity index (χ1) is 11.2. The smallest absolute Gasteiger partial charge is 0.267 e. The molecule has 0 saturated heterocycles. The molecule has 0 radical (unpaired) electrons. The highest BCUT2D eigenvalue weighted by Gasteiger charge is 2.48. The van der Waals surface area contributed by atoms with Gasteiger partial charge in [0.05, 0.1) is 5.69 Å². The number of nitrogens with zero attached hydrogens (tertiary/aromatic N) is 3. The predicted molar refractivity (Wildman–Crippen MR) is 86.6 cm³/mol. The van der Waals surface area contributed by atoms with Crippen molar-refractivity contribution in [2.45, 2.75) is 45.4 Å². The van der Waals surface area contributed by atoms with Crippen molar-refractivity contribution >= 4 is 17.4 Å². The third-order valence-corrected chi connectivity index (χ3v) is 4.54. The molecule has 2 aliphatic heterocycles. The normalized spacial score (nSPS) is 24.9. The van der Waals surface area contributed by atoms with Crippen LogP contribution in [0.5, 0.6) is 0 Å². The number of para-hydroxylation sites is 1. The van der Waals surface area contributed by atoms with Gasteiger partial charge < -0.3 is 5.11 Å². The van der Waals surface area contributed by atoms with Crippen molar-refractivity contribution in [1.29, 1.82) is 0 Å². The molecular formula is C17H19F2N3O2. The van der Waals surface area contributed by atoms with Gasteiger partial charge in [-0.1, -0.05) is 18.2 Å². The van der Waals surface area contributed by atoms with E-state index in [0.29, 0.717) is 16.8 Å². The average Bonchev–Trinajstić information content (AvgIpc) is 3.05. The Morgan fingerprint density at radius 1 is 1.25 bits per heavy atom. The molecule has 1 aromatic carbocycles. The molecule has 128 valence electrons. The monoisotopic (exact) mass is 335 g/mol. The third kappa shape index (κ3) is 2.58. The Bertz CT molecular complexity index is 725. The predicted octanol–water partition coefficient (Wildman–Crippen LogP) is 2.73. The summed E-state index contributed by atoms with van der Waals surface area (Å²) in [6.45, 7) is 4.09. The van der Waals surface area contributed by atoms with Gasteiger partial charge in [-0.15, -0.1) is 0 Å². The zero-order chi connectivity index (χ0) is 17.6. The molecule has 0 aromatic heterocycles. The molecule has 2 heterocycles. The molecule has 0 aliphatic carbocycles. The highest BCUT2D eigenvalue weighted by atomic mass is 19.3. The van der Waals surface area contributed by atoms with Gasteiger partial charge in [-0.2, -0.15) is 5.10 Å². The number of rotatable bonds is 2. The summed E-state index contributed by atoms with van der Waals surface area (Å²) >= 11 is 0. The van der Waals surface area contributed by atoms with Crippen LogP contribution in [0, 0.1) is 0 Å². The van der Waals surface area contributed by atoms with E-state index in [1.807, 2.05) is 0 Å². The lowest BCUT2D eigenvalue weighted by atomic mass is 10.1. The average molecular weight is 335 g/mol. The standard InChI is InChI=1S/C17H19F2N3O2/c1-10-11(2)16(24)21(15(10)23)14-9-13(17(3,18)19)22(20-14)12-7-5-4-6-8-12/h4-8,13,15,23H,9H2,1-3H3. The number of hydrogen-bond donors (Lipinski definition) is 1. The van der Waals surface area contributed by atoms with E-state index in [9.17, 15) is 18.7 Å². The molecule has 2 atom stereocenters. The van der Waals surface area contributed by atoms with Crippen molar-refractivity contribution < 1.29 is 18.7 Å². The van der Waals surface area contributed by atoms with Crippen molar-refractivity contribution in [1.82, 2.24) is 4.90 Å². The fraction of sp³-hybridized carbons (Fsp3) is 0.412. The fourth-order valence-electron chi connectivity index (χ4n) is 2.96. The molecule has 7 heteroatoms. The second-order valence-corrected chi connectivity index (χ2v) is 6.23. The largest absolute Gasteiger partial charge is 0.369 e. The van der Waals surface area contributed by atoms with Gasteiger partial charge in [0.15, 0.2) is 6.23 Å². The Morgan fingerprint density at radius 3 is 2.38 bits per heavy atom. The molecule has 0 fully saturated rings. The molecule has 2 unspecified atom stereocenters. The second kappa shape index (κ2) is 5.66. The molecule has 0 saturated carbocycles. The highest BCUT2D eigenvalue weighted by Crippen LogP contribution is 2.36. The van der Waals surface area contributed by atoms with Crippen LogP contribution in [0.4, 0.5) is 14.5 Å². The van der Waals surface area contributed by atoms with E-state index < -0.39 is 24.1 Å². The van der Waals surface area contributed by atoms with Crippen LogP contribution in [0.15, 0.2) is 46.6 Å². The van der Waals surface area contributed by atoms with E-state index in [4.69, 9.17) is 0 Å². The van der Waals surface area contributed by atoms with Crippen LogP contribution >= 0.6 is 0 Å². The lowest BCUT2D eigenvalue weighted by Gasteiger charge is -2.28. The summed E-state index contributed by atoms with van der Waals surface area (Å²) in [7, 11) is 0. The molecule has 0 bridgehead atoms. The van der Waals surface area contributed by atoms with Gasteiger partial charge in [0.2, 0.25) is 0 Å². The number of amides is 1. The van der Waals surface area contributed by atoms with Crippen LogP contribution in [0.25, 0.3) is 0 Å². The number of anilines is 1. The molecule has 1 aromatic rings. The number of halogens is 2. The molecular weight excluding hydrogens is 316 g/mol. The van der Waals surface area contributed by atoms with Crippen molar-refractivity contribution in [3.8, 4) is 0 Å². The topological polar surface area (TPSA) is 56.1 Å². The van der Waals surface area contributed by atoms with Gasteiger partial charge in [-0.25, -0.2) is 8.78 Å². The summed E-state index contributed by atoms with van der Waals surface area (Å²) in [6.07, 6.45) is -1.28. The first-order valence-corrected chi connectivity index (χ1v) is 7.70. The molecule has 3 rings (SSSR count). The SMILES string of the molecule is CC1=C(C)C(O)N(C2=NN(c3ccccc3)C(C(C)(F)F)C2)C1=O. The van der Waals surface area contributed by atoms with Gasteiger partial charge in [-0.05, 0) is 31.6 Å². The number of alkyl halides is 2. The van der Waals surface area contributed by atoms with E-state index in [1.165, 1.54) is 5.01 Å². The van der Waals surface area contributed by atoms with Gasteiger partial charge in [0.1, 0.15) is 11.9 Å². The maximum absolute atomic E-state index is 14.1. The van der Waals surface area contributed by atoms with Crippen molar-refractivity contribution in [3.05, 3.63) is 41.5 Å². The quantitative estimate of drug-likeness (QED) is 0.904. The van der Waals surface area contributed by atoms with Crippen LogP contribution in [0.1, 0.15) is 27.2 Å². The van der Waals surface area contributed by atoms with Crippen molar-refractivity contribution in [2.24, 2.45) is 5.10 Å². The number of benzene rings is 1. The molecule has 24 heavy (non-hydrogen) atoms. The van der Waals surface area contributed by atoms with Crippen LogP contribution in [-0.2, 0) is 4.79 Å². The zero-order valence-corrected chi connectivity index (χ0v) is 13.7. The summed E-state index contributed by atoms with van der Waals surface area (Å²) in [6, 6.07) is 7.41. The van der Waals surface area contributed by atoms with E-state index >= 15 is 0 Å². The number of amidine groups is 1. The van der Waals surface area contributed by atoms with Gasteiger partial charge in [0.25, 0.3) is 11.8 Å². The van der Waals surface area contributed by atoms with Crippen molar-refractivity contribution in [2.75, 3.05) is 5.01 Å². The van der Waals surface area contributed by atoms with Crippen LogP contribution < -0.4 is 5.01 Å². The van der Waals surface area contributed by atoms with E-state index in [-0.39, 0.29) is 12.3 Å². The third-order valence-electron chi connectivity index (χ3n) is 4.54. The molecule has 1 N–H and O–H groups in total. The Kier molecular flexibility index (Phi) is 3.91. The van der Waals surface area contributed by atoms with Gasteiger partial charge >= 0.3 is 0 Å².